The predicted octanol–water partition coefficient (Wildman–Crippen LogP) is 2.33. The van der Waals surface area contributed by atoms with Crippen LogP contribution in [0.3, 0.4) is 0 Å². The molecule has 10 heteroatoms. The Hall–Kier alpha value is -3.58. The van der Waals surface area contributed by atoms with Crippen molar-refractivity contribution in [2.24, 2.45) is 5.73 Å². The van der Waals surface area contributed by atoms with Gasteiger partial charge in [0.2, 0.25) is 5.88 Å². The molecule has 1 aliphatic heterocycles. The molecule has 30 heavy (non-hydrogen) atoms. The van der Waals surface area contributed by atoms with Gasteiger partial charge in [0, 0.05) is 17.8 Å². The predicted molar refractivity (Wildman–Crippen MR) is 106 cm³/mol. The highest BCUT2D eigenvalue weighted by Gasteiger charge is 2.38. The fraction of sp³-hybridized carbons (Fsp3) is 0.200. The minimum Gasteiger partial charge on any atom is -0.463 e. The van der Waals surface area contributed by atoms with E-state index in [0.717, 1.165) is 11.8 Å². The molecule has 0 unspecified atom stereocenters. The molecule has 0 spiro atoms. The zero-order valence-electron chi connectivity index (χ0n) is 15.8. The van der Waals surface area contributed by atoms with Crippen molar-refractivity contribution in [2.75, 3.05) is 12.4 Å². The van der Waals surface area contributed by atoms with Gasteiger partial charge >= 0.3 is 5.97 Å². The van der Waals surface area contributed by atoms with E-state index < -0.39 is 17.7 Å². The molecule has 0 radical (unpaired) electrons. The van der Waals surface area contributed by atoms with Crippen molar-refractivity contribution in [3.63, 3.8) is 0 Å². The van der Waals surface area contributed by atoms with Crippen molar-refractivity contribution in [3.05, 3.63) is 81.1 Å². The maximum absolute atomic E-state index is 14.6. The van der Waals surface area contributed by atoms with Gasteiger partial charge in [0.15, 0.2) is 5.16 Å². The Bertz CT molecular complexity index is 1140. The number of hydrogen-bond donors (Lipinski definition) is 2. The molecule has 1 aliphatic rings. The summed E-state index contributed by atoms with van der Waals surface area (Å²) in [6, 6.07) is 8.96. The lowest BCUT2D eigenvalue weighted by molar-refractivity contribution is -0.139. The molecule has 3 rings (SSSR count). The zero-order chi connectivity index (χ0) is 21.7. The van der Waals surface area contributed by atoms with Gasteiger partial charge in [0.05, 0.1) is 23.9 Å². The third-order valence-electron chi connectivity index (χ3n) is 4.20. The largest absolute Gasteiger partial charge is 0.463 e. The molecule has 1 aromatic heterocycles. The summed E-state index contributed by atoms with van der Waals surface area (Å²) in [4.78, 5) is 30.8. The first kappa shape index (κ1) is 21.1. The van der Waals surface area contributed by atoms with E-state index in [1.165, 1.54) is 30.5 Å². The molecule has 0 amide bonds. The highest BCUT2D eigenvalue weighted by molar-refractivity contribution is 7.99. The quantitative estimate of drug-likeness (QED) is 0.407. The van der Waals surface area contributed by atoms with Crippen LogP contribution in [-0.2, 0) is 14.3 Å². The summed E-state index contributed by atoms with van der Waals surface area (Å²) in [6.07, 6.45) is 1.34. The van der Waals surface area contributed by atoms with Crippen LogP contribution >= 0.6 is 11.8 Å². The molecule has 0 saturated heterocycles. The van der Waals surface area contributed by atoms with E-state index in [1.807, 2.05) is 6.07 Å². The fourth-order valence-electron chi connectivity index (χ4n) is 2.94. The summed E-state index contributed by atoms with van der Waals surface area (Å²) < 4.78 is 25.3. The van der Waals surface area contributed by atoms with Crippen molar-refractivity contribution in [1.29, 1.82) is 5.26 Å². The number of nitrogens with zero attached hydrogens (tertiary/aromatic N) is 2. The van der Waals surface area contributed by atoms with Crippen molar-refractivity contribution in [2.45, 2.75) is 18.0 Å². The Morgan fingerprint density at radius 3 is 2.87 bits per heavy atom. The van der Waals surface area contributed by atoms with Gasteiger partial charge in [-0.25, -0.2) is 14.2 Å². The zero-order valence-corrected chi connectivity index (χ0v) is 16.7. The molecule has 0 bridgehead atoms. The number of hydrogen-bond acceptors (Lipinski definition) is 8. The molecule has 3 N–H and O–H groups in total. The van der Waals surface area contributed by atoms with E-state index in [-0.39, 0.29) is 51.4 Å². The third kappa shape index (κ3) is 4.36. The van der Waals surface area contributed by atoms with Crippen molar-refractivity contribution in [1.82, 2.24) is 9.97 Å². The number of halogens is 1. The standard InChI is InChI=1S/C20H17FN4O4S/c1-2-28-19(27)17-14(10-30-20-24-8-7-15(26)25-20)29-18(23)12(9-22)16(17)11-5-3-4-6-13(11)21/h3-8,16H,2,10,23H2,1H3,(H,24,25,26)/t16-/m1/s1. The monoisotopic (exact) mass is 428 g/mol. The molecule has 2 aromatic rings. The van der Waals surface area contributed by atoms with Crippen molar-refractivity contribution < 1.29 is 18.7 Å². The number of aromatic amines is 1. The fourth-order valence-corrected chi connectivity index (χ4v) is 3.73. The molecule has 0 saturated carbocycles. The Morgan fingerprint density at radius 1 is 1.43 bits per heavy atom. The second-order valence-electron chi connectivity index (χ2n) is 6.03. The number of nitrogens with two attached hydrogens (primary N) is 1. The van der Waals surface area contributed by atoms with Crippen LogP contribution in [0, 0.1) is 17.1 Å². The maximum atomic E-state index is 14.6. The maximum Gasteiger partial charge on any atom is 0.338 e. The minimum absolute atomic E-state index is 0.0292. The SMILES string of the molecule is CCOC(=O)C1=C(CSc2nccc(=O)[nH]2)OC(N)=C(C#N)[C@H]1c1ccccc1F. The van der Waals surface area contributed by atoms with E-state index in [4.69, 9.17) is 15.2 Å². The number of thioether (sulfide) groups is 1. The first-order valence-corrected chi connectivity index (χ1v) is 9.85. The van der Waals surface area contributed by atoms with Gasteiger partial charge in [-0.2, -0.15) is 5.26 Å². The van der Waals surface area contributed by atoms with E-state index in [9.17, 15) is 19.2 Å². The lowest BCUT2D eigenvalue weighted by Crippen LogP contribution is -2.27. The number of allylic oxidation sites excluding steroid dienone is 1. The van der Waals surface area contributed by atoms with Crippen LogP contribution in [-0.4, -0.2) is 28.3 Å². The molecule has 1 atom stereocenters. The summed E-state index contributed by atoms with van der Waals surface area (Å²) in [5, 5.41) is 9.91. The molecular weight excluding hydrogens is 411 g/mol. The minimum atomic E-state index is -1.10. The van der Waals surface area contributed by atoms with E-state index >= 15 is 0 Å². The highest BCUT2D eigenvalue weighted by atomic mass is 32.2. The third-order valence-corrected chi connectivity index (χ3v) is 5.08. The van der Waals surface area contributed by atoms with Gasteiger partial charge in [-0.15, -0.1) is 0 Å². The summed E-state index contributed by atoms with van der Waals surface area (Å²) >= 11 is 1.08. The highest BCUT2D eigenvalue weighted by Crippen LogP contribution is 2.41. The summed E-state index contributed by atoms with van der Waals surface area (Å²) in [7, 11) is 0. The number of benzene rings is 1. The molecule has 8 nitrogen and oxygen atoms in total. The second kappa shape index (κ2) is 9.28. The first-order valence-electron chi connectivity index (χ1n) is 8.86. The lowest BCUT2D eigenvalue weighted by atomic mass is 9.83. The van der Waals surface area contributed by atoms with Crippen LogP contribution in [0.1, 0.15) is 18.4 Å². The molecule has 1 aromatic carbocycles. The number of aromatic nitrogens is 2. The number of carbonyl (C=O) groups excluding carboxylic acids is 1. The van der Waals surface area contributed by atoms with Gasteiger partial charge in [-0.1, -0.05) is 30.0 Å². The molecule has 2 heterocycles. The van der Waals surface area contributed by atoms with Crippen LogP contribution in [0.25, 0.3) is 0 Å². The lowest BCUT2D eigenvalue weighted by Gasteiger charge is -2.28. The molecule has 0 aliphatic carbocycles. The van der Waals surface area contributed by atoms with Gasteiger partial charge in [-0.05, 0) is 13.0 Å². The average Bonchev–Trinajstić information content (AvgIpc) is 2.72. The van der Waals surface area contributed by atoms with E-state index in [0.29, 0.717) is 0 Å². The molecule has 0 fully saturated rings. The number of ether oxygens (including phenoxy) is 2. The smallest absolute Gasteiger partial charge is 0.338 e. The van der Waals surface area contributed by atoms with E-state index in [2.05, 4.69) is 9.97 Å². The number of nitriles is 1. The summed E-state index contributed by atoms with van der Waals surface area (Å²) in [5.41, 5.74) is 5.56. The number of carbonyl (C=O) groups is 1. The normalized spacial score (nSPS) is 16.1. The van der Waals surface area contributed by atoms with Crippen molar-refractivity contribution in [3.8, 4) is 6.07 Å². The van der Waals surface area contributed by atoms with Gasteiger partial charge < -0.3 is 20.2 Å². The van der Waals surface area contributed by atoms with Crippen LogP contribution < -0.4 is 11.3 Å². The first-order chi connectivity index (χ1) is 14.5. The van der Waals surface area contributed by atoms with Gasteiger partial charge in [0.1, 0.15) is 23.2 Å². The number of nitrogens with one attached hydrogen (secondary N) is 1. The Morgan fingerprint density at radius 2 is 2.20 bits per heavy atom. The molecular formula is C20H17FN4O4S. The van der Waals surface area contributed by atoms with Gasteiger partial charge in [-0.3, -0.25) is 4.79 Å². The number of esters is 1. The summed E-state index contributed by atoms with van der Waals surface area (Å²) in [6.45, 7) is 1.70. The Balaban J connectivity index is 2.10. The van der Waals surface area contributed by atoms with Crippen LogP contribution in [0.2, 0.25) is 0 Å². The van der Waals surface area contributed by atoms with Crippen LogP contribution in [0.4, 0.5) is 4.39 Å². The van der Waals surface area contributed by atoms with Gasteiger partial charge in [0.25, 0.3) is 5.56 Å². The average molecular weight is 428 g/mol. The van der Waals surface area contributed by atoms with Crippen molar-refractivity contribution >= 4 is 17.7 Å². The van der Waals surface area contributed by atoms with E-state index in [1.54, 1.807) is 13.0 Å². The number of H-pyrrole nitrogens is 1. The van der Waals surface area contributed by atoms with Crippen LogP contribution in [0.5, 0.6) is 0 Å². The Kier molecular flexibility index (Phi) is 6.54. The topological polar surface area (TPSA) is 131 Å². The summed E-state index contributed by atoms with van der Waals surface area (Å²) in [5.74, 6) is -2.56. The second-order valence-corrected chi connectivity index (χ2v) is 7.00. The Labute approximate surface area is 175 Å². The number of rotatable bonds is 6. The van der Waals surface area contributed by atoms with Crippen LogP contribution in [0.15, 0.2) is 69.3 Å². The molecule has 154 valence electrons.